The van der Waals surface area contributed by atoms with Crippen molar-refractivity contribution >= 4 is 5.69 Å². The summed E-state index contributed by atoms with van der Waals surface area (Å²) in [5, 5.41) is 12.2. The van der Waals surface area contributed by atoms with Gasteiger partial charge in [0.15, 0.2) is 0 Å². The molecule has 0 radical (unpaired) electrons. The Morgan fingerprint density at radius 2 is 1.94 bits per heavy atom. The molecular weight excluding hydrogens is 212 g/mol. The van der Waals surface area contributed by atoms with Crippen LogP contribution >= 0.6 is 0 Å². The lowest BCUT2D eigenvalue weighted by Crippen LogP contribution is -2.37. The number of anilines is 1. The molecule has 90 valence electrons. The molecule has 1 saturated carbocycles. The Morgan fingerprint density at radius 1 is 1.24 bits per heavy atom. The van der Waals surface area contributed by atoms with E-state index in [1.165, 1.54) is 12.8 Å². The fraction of sp³-hybridized carbons (Fsp3) is 0.500. The summed E-state index contributed by atoms with van der Waals surface area (Å²) in [6.45, 7) is 0. The lowest BCUT2D eigenvalue weighted by molar-refractivity contribution is 0.0606. The molecular formula is C14H18N2O. The maximum atomic E-state index is 8.74. The van der Waals surface area contributed by atoms with Crippen molar-refractivity contribution in [1.82, 2.24) is 0 Å². The second kappa shape index (κ2) is 5.70. The molecule has 3 heteroatoms. The van der Waals surface area contributed by atoms with E-state index in [0.717, 1.165) is 18.5 Å². The molecule has 0 aliphatic heterocycles. The summed E-state index contributed by atoms with van der Waals surface area (Å²) in [6, 6.07) is 10.1. The van der Waals surface area contributed by atoms with E-state index in [9.17, 15) is 0 Å². The van der Waals surface area contributed by atoms with Crippen LogP contribution < -0.4 is 5.32 Å². The molecule has 0 aromatic heterocycles. The van der Waals surface area contributed by atoms with E-state index in [2.05, 4.69) is 11.4 Å². The number of nitrogens with one attached hydrogen (secondary N) is 1. The van der Waals surface area contributed by atoms with Gasteiger partial charge in [-0.3, -0.25) is 0 Å². The standard InChI is InChI=1S/C14H18N2O/c1-17-14-5-3-2-4-13(14)16-12-8-6-11(10-15)7-9-12/h6-9,13-14,16H,2-5H2,1H3/t13-,14-/m1/s1. The van der Waals surface area contributed by atoms with Crippen molar-refractivity contribution in [1.29, 1.82) is 5.26 Å². The maximum Gasteiger partial charge on any atom is 0.0991 e. The largest absolute Gasteiger partial charge is 0.380 e. The first-order valence-electron chi connectivity index (χ1n) is 6.13. The molecule has 2 rings (SSSR count). The smallest absolute Gasteiger partial charge is 0.0991 e. The normalized spacial score (nSPS) is 24.0. The minimum atomic E-state index is 0.305. The highest BCUT2D eigenvalue weighted by Gasteiger charge is 2.24. The van der Waals surface area contributed by atoms with Crippen LogP contribution in [0.2, 0.25) is 0 Å². The van der Waals surface area contributed by atoms with Gasteiger partial charge in [0.2, 0.25) is 0 Å². The van der Waals surface area contributed by atoms with Crippen molar-refractivity contribution in [3.8, 4) is 6.07 Å². The van der Waals surface area contributed by atoms with Crippen molar-refractivity contribution < 1.29 is 4.74 Å². The highest BCUT2D eigenvalue weighted by Crippen LogP contribution is 2.24. The number of benzene rings is 1. The molecule has 1 aromatic carbocycles. The van der Waals surface area contributed by atoms with E-state index in [1.54, 1.807) is 7.11 Å². The number of methoxy groups -OCH3 is 1. The van der Waals surface area contributed by atoms with Crippen LogP contribution in [-0.2, 0) is 4.74 Å². The van der Waals surface area contributed by atoms with Crippen LogP contribution in [0.4, 0.5) is 5.69 Å². The predicted octanol–water partition coefficient (Wildman–Crippen LogP) is 2.93. The van der Waals surface area contributed by atoms with Gasteiger partial charge in [0.05, 0.1) is 23.8 Å². The highest BCUT2D eigenvalue weighted by molar-refractivity contribution is 5.48. The van der Waals surface area contributed by atoms with Gasteiger partial charge in [0.1, 0.15) is 0 Å². The first-order valence-corrected chi connectivity index (χ1v) is 6.13. The van der Waals surface area contributed by atoms with Crippen LogP contribution in [0.5, 0.6) is 0 Å². The Kier molecular flexibility index (Phi) is 4.00. The Hall–Kier alpha value is -1.53. The zero-order valence-electron chi connectivity index (χ0n) is 10.1. The van der Waals surface area contributed by atoms with Gasteiger partial charge >= 0.3 is 0 Å². The third kappa shape index (κ3) is 2.98. The molecule has 0 spiro atoms. The van der Waals surface area contributed by atoms with Crippen molar-refractivity contribution in [2.24, 2.45) is 0 Å². The number of nitriles is 1. The lowest BCUT2D eigenvalue weighted by atomic mass is 9.92. The molecule has 0 saturated heterocycles. The summed E-state index contributed by atoms with van der Waals surface area (Å²) in [4.78, 5) is 0. The van der Waals surface area contributed by atoms with E-state index in [1.807, 2.05) is 24.3 Å². The molecule has 1 aliphatic carbocycles. The number of ether oxygens (including phenoxy) is 1. The third-order valence-corrected chi connectivity index (χ3v) is 3.37. The fourth-order valence-corrected chi connectivity index (χ4v) is 2.40. The van der Waals surface area contributed by atoms with Gasteiger partial charge in [-0.25, -0.2) is 0 Å². The average Bonchev–Trinajstić information content (AvgIpc) is 2.40. The zero-order chi connectivity index (χ0) is 12.1. The second-order valence-electron chi connectivity index (χ2n) is 4.50. The van der Waals surface area contributed by atoms with Crippen molar-refractivity contribution in [3.05, 3.63) is 29.8 Å². The number of nitrogens with zero attached hydrogens (tertiary/aromatic N) is 1. The monoisotopic (exact) mass is 230 g/mol. The van der Waals surface area contributed by atoms with Gasteiger partial charge in [-0.2, -0.15) is 5.26 Å². The molecule has 2 atom stereocenters. The Bertz CT molecular complexity index is 394. The third-order valence-electron chi connectivity index (χ3n) is 3.37. The van der Waals surface area contributed by atoms with Crippen LogP contribution in [0.3, 0.4) is 0 Å². The van der Waals surface area contributed by atoms with Gasteiger partial charge in [0, 0.05) is 12.8 Å². The topological polar surface area (TPSA) is 45.0 Å². The van der Waals surface area contributed by atoms with Crippen molar-refractivity contribution in [3.63, 3.8) is 0 Å². The summed E-state index contributed by atoms with van der Waals surface area (Å²) in [7, 11) is 1.78. The Labute approximate surface area is 102 Å². The predicted molar refractivity (Wildman–Crippen MR) is 67.8 cm³/mol. The minimum absolute atomic E-state index is 0.305. The molecule has 17 heavy (non-hydrogen) atoms. The maximum absolute atomic E-state index is 8.74. The molecule has 0 bridgehead atoms. The summed E-state index contributed by atoms with van der Waals surface area (Å²) in [5.74, 6) is 0. The van der Waals surface area contributed by atoms with E-state index < -0.39 is 0 Å². The Balaban J connectivity index is 2.01. The molecule has 1 N–H and O–H groups in total. The molecule has 1 fully saturated rings. The van der Waals surface area contributed by atoms with Crippen LogP contribution in [0.15, 0.2) is 24.3 Å². The van der Waals surface area contributed by atoms with Gasteiger partial charge in [-0.1, -0.05) is 12.8 Å². The van der Waals surface area contributed by atoms with Gasteiger partial charge in [-0.05, 0) is 37.1 Å². The van der Waals surface area contributed by atoms with Gasteiger partial charge in [0.25, 0.3) is 0 Å². The van der Waals surface area contributed by atoms with Crippen molar-refractivity contribution in [2.45, 2.75) is 37.8 Å². The van der Waals surface area contributed by atoms with E-state index in [0.29, 0.717) is 17.7 Å². The van der Waals surface area contributed by atoms with Crippen molar-refractivity contribution in [2.75, 3.05) is 12.4 Å². The van der Waals surface area contributed by atoms with E-state index in [4.69, 9.17) is 10.00 Å². The van der Waals surface area contributed by atoms with Crippen LogP contribution in [-0.4, -0.2) is 19.3 Å². The first-order chi connectivity index (χ1) is 8.33. The summed E-state index contributed by atoms with van der Waals surface area (Å²) in [6.07, 6.45) is 5.10. The summed E-state index contributed by atoms with van der Waals surface area (Å²) < 4.78 is 5.51. The Morgan fingerprint density at radius 3 is 2.59 bits per heavy atom. The molecule has 3 nitrogen and oxygen atoms in total. The summed E-state index contributed by atoms with van der Waals surface area (Å²) >= 11 is 0. The van der Waals surface area contributed by atoms with Crippen LogP contribution in [0.25, 0.3) is 0 Å². The first kappa shape index (κ1) is 11.9. The molecule has 1 aromatic rings. The quantitative estimate of drug-likeness (QED) is 0.868. The fourth-order valence-electron chi connectivity index (χ4n) is 2.40. The number of hydrogen-bond donors (Lipinski definition) is 1. The second-order valence-corrected chi connectivity index (χ2v) is 4.50. The van der Waals surface area contributed by atoms with E-state index in [-0.39, 0.29) is 0 Å². The van der Waals surface area contributed by atoms with E-state index >= 15 is 0 Å². The summed E-state index contributed by atoms with van der Waals surface area (Å²) in [5.41, 5.74) is 1.76. The number of rotatable bonds is 3. The lowest BCUT2D eigenvalue weighted by Gasteiger charge is -2.31. The zero-order valence-corrected chi connectivity index (χ0v) is 10.1. The molecule has 0 unspecified atom stereocenters. The molecule has 1 aliphatic rings. The van der Waals surface area contributed by atoms with Gasteiger partial charge < -0.3 is 10.1 Å². The molecule has 0 amide bonds. The number of hydrogen-bond acceptors (Lipinski definition) is 3. The van der Waals surface area contributed by atoms with Crippen LogP contribution in [0.1, 0.15) is 31.2 Å². The van der Waals surface area contributed by atoms with Crippen LogP contribution in [0, 0.1) is 11.3 Å². The minimum Gasteiger partial charge on any atom is -0.380 e. The highest BCUT2D eigenvalue weighted by atomic mass is 16.5. The van der Waals surface area contributed by atoms with Gasteiger partial charge in [-0.15, -0.1) is 0 Å². The SMILES string of the molecule is CO[C@@H]1CCCC[C@H]1Nc1ccc(C#N)cc1. The molecule has 0 heterocycles. The average molecular weight is 230 g/mol.